The fourth-order valence-electron chi connectivity index (χ4n) is 3.74. The van der Waals surface area contributed by atoms with E-state index in [4.69, 9.17) is 14.2 Å². The summed E-state index contributed by atoms with van der Waals surface area (Å²) in [4.78, 5) is 23.9. The maximum Gasteiger partial charge on any atom is 0.336 e. The van der Waals surface area contributed by atoms with Gasteiger partial charge in [0.05, 0.1) is 30.3 Å². The van der Waals surface area contributed by atoms with Crippen LogP contribution < -0.4 is 0 Å². The molecule has 7 heteroatoms. The molecule has 7 nitrogen and oxygen atoms in total. The van der Waals surface area contributed by atoms with Crippen LogP contribution in [0.1, 0.15) is 26.7 Å². The Balaban J connectivity index is 1.98. The molecule has 0 amide bonds. The number of carbonyl (C=O) groups is 2. The Bertz CT molecular complexity index is 557. The van der Waals surface area contributed by atoms with Crippen molar-refractivity contribution in [3.8, 4) is 0 Å². The van der Waals surface area contributed by atoms with Crippen LogP contribution in [0.15, 0.2) is 11.6 Å². The second kappa shape index (κ2) is 5.58. The number of rotatable bonds is 1. The first kappa shape index (κ1) is 16.4. The van der Waals surface area contributed by atoms with Crippen LogP contribution in [0.4, 0.5) is 0 Å². The highest BCUT2D eigenvalue weighted by Gasteiger charge is 2.64. The van der Waals surface area contributed by atoms with Gasteiger partial charge < -0.3 is 24.4 Å². The van der Waals surface area contributed by atoms with E-state index in [0.717, 1.165) is 0 Å². The molecule has 128 valence electrons. The van der Waals surface area contributed by atoms with Crippen molar-refractivity contribution < 1.29 is 34.0 Å². The third kappa shape index (κ3) is 2.56. The number of aliphatic hydroxyl groups is 2. The minimum atomic E-state index is -1.44. The monoisotopic (exact) mass is 326 g/mol. The lowest BCUT2D eigenvalue weighted by molar-refractivity contribution is -0.145. The van der Waals surface area contributed by atoms with Gasteiger partial charge in [-0.1, -0.05) is 13.0 Å². The maximum atomic E-state index is 12.0. The zero-order chi connectivity index (χ0) is 16.9. The number of methoxy groups -OCH3 is 1. The van der Waals surface area contributed by atoms with Gasteiger partial charge in [-0.05, 0) is 19.8 Å². The molecule has 2 N–H and O–H groups in total. The average Bonchev–Trinajstić information content (AvgIpc) is 3.10. The van der Waals surface area contributed by atoms with E-state index >= 15 is 0 Å². The molecule has 0 aromatic rings. The molecule has 23 heavy (non-hydrogen) atoms. The third-order valence-corrected chi connectivity index (χ3v) is 5.28. The zero-order valence-corrected chi connectivity index (χ0v) is 13.4. The first-order valence-electron chi connectivity index (χ1n) is 7.83. The van der Waals surface area contributed by atoms with Crippen LogP contribution in [0.5, 0.6) is 0 Å². The van der Waals surface area contributed by atoms with E-state index in [9.17, 15) is 19.8 Å². The van der Waals surface area contributed by atoms with Crippen molar-refractivity contribution >= 4 is 11.9 Å². The van der Waals surface area contributed by atoms with E-state index in [1.165, 1.54) is 7.11 Å². The third-order valence-electron chi connectivity index (χ3n) is 5.28. The van der Waals surface area contributed by atoms with Crippen molar-refractivity contribution in [3.63, 3.8) is 0 Å². The van der Waals surface area contributed by atoms with Crippen molar-refractivity contribution in [2.45, 2.75) is 56.7 Å². The number of hydrogen-bond acceptors (Lipinski definition) is 7. The van der Waals surface area contributed by atoms with Gasteiger partial charge in [0.1, 0.15) is 18.3 Å². The normalized spacial score (nSPS) is 48.4. The van der Waals surface area contributed by atoms with E-state index in [1.54, 1.807) is 13.0 Å². The van der Waals surface area contributed by atoms with Crippen LogP contribution in [-0.4, -0.2) is 59.3 Å². The standard InChI is InChI=1S/C16H22O7/c1-7-9-11(18)10(17)8(15(20)21-3)5-4-6-16(2)13(23-16)12(9)22-14(7)19/h5,7,9-13,17-18H,4,6H2,1-3H3/b8-5+/t7-,9-,10-,11+,12-,13+,16-/m1/s1. The molecule has 0 bridgehead atoms. The van der Waals surface area contributed by atoms with E-state index in [2.05, 4.69) is 0 Å². The predicted octanol–water partition coefficient (Wildman–Crippen LogP) is -0.0634. The summed E-state index contributed by atoms with van der Waals surface area (Å²) in [6.07, 6.45) is -0.987. The van der Waals surface area contributed by atoms with E-state index in [0.29, 0.717) is 12.8 Å². The molecular formula is C16H22O7. The molecule has 3 rings (SSSR count). The molecule has 0 radical (unpaired) electrons. The summed E-state index contributed by atoms with van der Waals surface area (Å²) in [5, 5.41) is 21.1. The van der Waals surface area contributed by atoms with Crippen molar-refractivity contribution in [1.82, 2.24) is 0 Å². The SMILES string of the molecule is COC(=O)/C1=C/CC[C@@]2(C)O[C@H]2[C@@H]2OC(=O)[C@H](C)[C@@H]2[C@H](O)[C@@H]1O. The first-order chi connectivity index (χ1) is 10.8. The summed E-state index contributed by atoms with van der Waals surface area (Å²) < 4.78 is 15.8. The zero-order valence-electron chi connectivity index (χ0n) is 13.4. The number of ether oxygens (including phenoxy) is 3. The summed E-state index contributed by atoms with van der Waals surface area (Å²) in [7, 11) is 1.22. The highest BCUT2D eigenvalue weighted by Crippen LogP contribution is 2.50. The number of esters is 2. The Kier molecular flexibility index (Phi) is 3.98. The Morgan fingerprint density at radius 1 is 1.43 bits per heavy atom. The Labute approximate surface area is 134 Å². The molecule has 2 heterocycles. The van der Waals surface area contributed by atoms with E-state index in [-0.39, 0.29) is 11.7 Å². The lowest BCUT2D eigenvalue weighted by Gasteiger charge is -2.29. The highest BCUT2D eigenvalue weighted by molar-refractivity contribution is 5.89. The van der Waals surface area contributed by atoms with Crippen molar-refractivity contribution in [2.75, 3.05) is 7.11 Å². The minimum Gasteiger partial charge on any atom is -0.466 e. The van der Waals surface area contributed by atoms with Gasteiger partial charge >= 0.3 is 11.9 Å². The molecule has 0 unspecified atom stereocenters. The fraction of sp³-hybridized carbons (Fsp3) is 0.750. The fourth-order valence-corrected chi connectivity index (χ4v) is 3.74. The van der Waals surface area contributed by atoms with Crippen molar-refractivity contribution in [1.29, 1.82) is 0 Å². The van der Waals surface area contributed by atoms with Gasteiger partial charge in [0.2, 0.25) is 0 Å². The van der Waals surface area contributed by atoms with E-state index in [1.807, 2.05) is 6.92 Å². The minimum absolute atomic E-state index is 0.00741. The Morgan fingerprint density at radius 3 is 2.78 bits per heavy atom. The van der Waals surface area contributed by atoms with Crippen LogP contribution in [0.3, 0.4) is 0 Å². The molecular weight excluding hydrogens is 304 g/mol. The summed E-state index contributed by atoms with van der Waals surface area (Å²) in [6, 6.07) is 0. The number of allylic oxidation sites excluding steroid dienone is 1. The van der Waals surface area contributed by atoms with Gasteiger partial charge in [0, 0.05) is 5.92 Å². The van der Waals surface area contributed by atoms with Gasteiger partial charge in [-0.15, -0.1) is 0 Å². The molecule has 2 fully saturated rings. The van der Waals surface area contributed by atoms with Crippen LogP contribution in [0, 0.1) is 11.8 Å². The summed E-state index contributed by atoms with van der Waals surface area (Å²) in [6.45, 7) is 3.57. The molecule has 2 aliphatic heterocycles. The second-order valence-electron chi connectivity index (χ2n) is 6.74. The lowest BCUT2D eigenvalue weighted by atomic mass is 9.78. The number of carbonyl (C=O) groups excluding carboxylic acids is 2. The molecule has 2 saturated heterocycles. The van der Waals surface area contributed by atoms with Gasteiger partial charge in [0.15, 0.2) is 0 Å². The summed E-state index contributed by atoms with van der Waals surface area (Å²) >= 11 is 0. The highest BCUT2D eigenvalue weighted by atomic mass is 16.6. The predicted molar refractivity (Wildman–Crippen MR) is 77.2 cm³/mol. The van der Waals surface area contributed by atoms with Gasteiger partial charge in [-0.2, -0.15) is 0 Å². The molecule has 7 atom stereocenters. The summed E-state index contributed by atoms with van der Waals surface area (Å²) in [5.41, 5.74) is -0.444. The van der Waals surface area contributed by atoms with Crippen molar-refractivity contribution in [2.24, 2.45) is 11.8 Å². The molecule has 0 spiro atoms. The van der Waals surface area contributed by atoms with Gasteiger partial charge in [-0.3, -0.25) is 4.79 Å². The van der Waals surface area contributed by atoms with Gasteiger partial charge in [0.25, 0.3) is 0 Å². The second-order valence-corrected chi connectivity index (χ2v) is 6.74. The largest absolute Gasteiger partial charge is 0.466 e. The molecule has 0 aromatic carbocycles. The lowest BCUT2D eigenvalue weighted by Crippen LogP contribution is -2.45. The van der Waals surface area contributed by atoms with Crippen LogP contribution in [0.25, 0.3) is 0 Å². The average molecular weight is 326 g/mol. The van der Waals surface area contributed by atoms with E-state index < -0.39 is 47.7 Å². The van der Waals surface area contributed by atoms with Crippen LogP contribution in [-0.2, 0) is 23.8 Å². The quantitative estimate of drug-likeness (QED) is 0.513. The molecule has 3 aliphatic rings. The van der Waals surface area contributed by atoms with Crippen molar-refractivity contribution in [3.05, 3.63) is 11.6 Å². The molecule has 1 aliphatic carbocycles. The Morgan fingerprint density at radius 2 is 2.13 bits per heavy atom. The smallest absolute Gasteiger partial charge is 0.336 e. The number of epoxide rings is 1. The topological polar surface area (TPSA) is 106 Å². The number of hydrogen-bond donors (Lipinski definition) is 2. The van der Waals surface area contributed by atoms with Crippen LogP contribution in [0.2, 0.25) is 0 Å². The van der Waals surface area contributed by atoms with Crippen LogP contribution >= 0.6 is 0 Å². The Hall–Kier alpha value is -1.44. The van der Waals surface area contributed by atoms with Gasteiger partial charge in [-0.25, -0.2) is 4.79 Å². The first-order valence-corrected chi connectivity index (χ1v) is 7.83. The number of aliphatic hydroxyl groups excluding tert-OH is 2. The molecule has 0 aromatic heterocycles. The molecule has 0 saturated carbocycles. The number of fused-ring (bicyclic) bond motifs is 3. The maximum absolute atomic E-state index is 12.0. The summed E-state index contributed by atoms with van der Waals surface area (Å²) in [5.74, 6) is -2.34.